The second-order valence-corrected chi connectivity index (χ2v) is 2.98. The molecule has 1 aromatic heterocycles. The monoisotopic (exact) mass is 180 g/mol. The van der Waals surface area contributed by atoms with E-state index in [0.29, 0.717) is 10.9 Å². The van der Waals surface area contributed by atoms with Gasteiger partial charge in [-0.05, 0) is 24.6 Å². The SMILES string of the molecule is C[C@@H](O)c1ccc(F)c2occc12. The first-order valence-electron chi connectivity index (χ1n) is 4.04. The van der Waals surface area contributed by atoms with Gasteiger partial charge < -0.3 is 9.52 Å². The van der Waals surface area contributed by atoms with Gasteiger partial charge in [-0.2, -0.15) is 0 Å². The van der Waals surface area contributed by atoms with Gasteiger partial charge in [0, 0.05) is 5.39 Å². The molecule has 2 nitrogen and oxygen atoms in total. The first kappa shape index (κ1) is 8.26. The number of benzene rings is 1. The van der Waals surface area contributed by atoms with Crippen LogP contribution in [0.4, 0.5) is 4.39 Å². The van der Waals surface area contributed by atoms with Crippen molar-refractivity contribution in [3.05, 3.63) is 35.8 Å². The second kappa shape index (κ2) is 2.85. The van der Waals surface area contributed by atoms with Crippen molar-refractivity contribution in [2.45, 2.75) is 13.0 Å². The molecule has 0 radical (unpaired) electrons. The van der Waals surface area contributed by atoms with Crippen LogP contribution in [-0.4, -0.2) is 5.11 Å². The van der Waals surface area contributed by atoms with Crippen LogP contribution in [0.5, 0.6) is 0 Å². The Morgan fingerprint density at radius 1 is 1.38 bits per heavy atom. The first-order valence-corrected chi connectivity index (χ1v) is 4.04. The highest BCUT2D eigenvalue weighted by Gasteiger charge is 2.11. The van der Waals surface area contributed by atoms with E-state index >= 15 is 0 Å². The standard InChI is InChI=1S/C10H9FO2/c1-6(12)7-2-3-9(11)10-8(7)4-5-13-10/h2-6,12H,1H3/t6-/m1/s1. The van der Waals surface area contributed by atoms with Gasteiger partial charge in [0.1, 0.15) is 0 Å². The van der Waals surface area contributed by atoms with Crippen molar-refractivity contribution in [3.63, 3.8) is 0 Å². The fourth-order valence-electron chi connectivity index (χ4n) is 1.41. The molecule has 1 N–H and O–H groups in total. The van der Waals surface area contributed by atoms with Gasteiger partial charge in [0.05, 0.1) is 12.4 Å². The minimum atomic E-state index is -0.610. The summed E-state index contributed by atoms with van der Waals surface area (Å²) >= 11 is 0. The Hall–Kier alpha value is -1.35. The predicted octanol–water partition coefficient (Wildman–Crippen LogP) is 2.63. The van der Waals surface area contributed by atoms with Crippen LogP contribution in [0.25, 0.3) is 11.0 Å². The van der Waals surface area contributed by atoms with Gasteiger partial charge in [-0.15, -0.1) is 0 Å². The van der Waals surface area contributed by atoms with Crippen LogP contribution >= 0.6 is 0 Å². The summed E-state index contributed by atoms with van der Waals surface area (Å²) < 4.78 is 18.0. The van der Waals surface area contributed by atoms with Gasteiger partial charge in [0.15, 0.2) is 11.4 Å². The quantitative estimate of drug-likeness (QED) is 0.731. The van der Waals surface area contributed by atoms with Crippen LogP contribution in [0.15, 0.2) is 28.9 Å². The highest BCUT2D eigenvalue weighted by Crippen LogP contribution is 2.26. The Morgan fingerprint density at radius 2 is 2.15 bits per heavy atom. The first-order chi connectivity index (χ1) is 6.20. The highest BCUT2D eigenvalue weighted by atomic mass is 19.1. The number of hydrogen-bond acceptors (Lipinski definition) is 2. The van der Waals surface area contributed by atoms with Crippen molar-refractivity contribution in [3.8, 4) is 0 Å². The number of furan rings is 1. The third-order valence-electron chi connectivity index (χ3n) is 2.05. The predicted molar refractivity (Wildman–Crippen MR) is 46.8 cm³/mol. The van der Waals surface area contributed by atoms with Gasteiger partial charge in [-0.3, -0.25) is 0 Å². The third-order valence-corrected chi connectivity index (χ3v) is 2.05. The number of fused-ring (bicyclic) bond motifs is 1. The van der Waals surface area contributed by atoms with E-state index in [9.17, 15) is 9.50 Å². The summed E-state index contributed by atoms with van der Waals surface area (Å²) in [5, 5.41) is 10.0. The molecule has 0 saturated carbocycles. The van der Waals surface area contributed by atoms with Crippen molar-refractivity contribution >= 4 is 11.0 Å². The van der Waals surface area contributed by atoms with E-state index in [4.69, 9.17) is 4.42 Å². The number of aliphatic hydroxyl groups excluding tert-OH is 1. The summed E-state index contributed by atoms with van der Waals surface area (Å²) in [4.78, 5) is 0. The molecule has 0 aliphatic rings. The number of aliphatic hydroxyl groups is 1. The minimum Gasteiger partial charge on any atom is -0.461 e. The Kier molecular flexibility index (Phi) is 1.81. The molecule has 68 valence electrons. The van der Waals surface area contributed by atoms with Crippen LogP contribution in [-0.2, 0) is 0 Å². The molecule has 0 spiro atoms. The van der Waals surface area contributed by atoms with Crippen LogP contribution in [0.2, 0.25) is 0 Å². The fourth-order valence-corrected chi connectivity index (χ4v) is 1.41. The molecular weight excluding hydrogens is 171 g/mol. The van der Waals surface area contributed by atoms with Gasteiger partial charge in [0.25, 0.3) is 0 Å². The Morgan fingerprint density at radius 3 is 2.85 bits per heavy atom. The molecule has 13 heavy (non-hydrogen) atoms. The van der Waals surface area contributed by atoms with Gasteiger partial charge in [-0.1, -0.05) is 6.07 Å². The van der Waals surface area contributed by atoms with Crippen LogP contribution < -0.4 is 0 Å². The molecule has 0 fully saturated rings. The molecule has 0 saturated heterocycles. The van der Waals surface area contributed by atoms with Crippen molar-refractivity contribution < 1.29 is 13.9 Å². The molecule has 0 aliphatic heterocycles. The van der Waals surface area contributed by atoms with Crippen LogP contribution in [0.1, 0.15) is 18.6 Å². The lowest BCUT2D eigenvalue weighted by atomic mass is 10.1. The molecule has 2 aromatic rings. The van der Waals surface area contributed by atoms with E-state index in [1.807, 2.05) is 0 Å². The highest BCUT2D eigenvalue weighted by molar-refractivity contribution is 5.81. The number of rotatable bonds is 1. The molecule has 0 aliphatic carbocycles. The van der Waals surface area contributed by atoms with Crippen molar-refractivity contribution in [1.29, 1.82) is 0 Å². The minimum absolute atomic E-state index is 0.207. The van der Waals surface area contributed by atoms with Crippen molar-refractivity contribution in [2.75, 3.05) is 0 Å². The van der Waals surface area contributed by atoms with E-state index in [0.717, 1.165) is 0 Å². The molecule has 1 heterocycles. The molecule has 1 aromatic carbocycles. The molecule has 0 bridgehead atoms. The van der Waals surface area contributed by atoms with E-state index in [2.05, 4.69) is 0 Å². The van der Waals surface area contributed by atoms with Crippen LogP contribution in [0.3, 0.4) is 0 Å². The Bertz CT molecular complexity index is 431. The van der Waals surface area contributed by atoms with E-state index in [-0.39, 0.29) is 5.58 Å². The maximum atomic E-state index is 13.1. The van der Waals surface area contributed by atoms with E-state index < -0.39 is 11.9 Å². The molecule has 0 unspecified atom stereocenters. The van der Waals surface area contributed by atoms with Gasteiger partial charge in [-0.25, -0.2) is 4.39 Å². The van der Waals surface area contributed by atoms with Gasteiger partial charge >= 0.3 is 0 Å². The molecule has 2 rings (SSSR count). The molecule has 0 amide bonds. The van der Waals surface area contributed by atoms with Crippen LogP contribution in [0, 0.1) is 5.82 Å². The maximum absolute atomic E-state index is 13.1. The second-order valence-electron chi connectivity index (χ2n) is 2.98. The normalized spacial score (nSPS) is 13.5. The summed E-state index contributed by atoms with van der Waals surface area (Å²) in [5.74, 6) is -0.399. The lowest BCUT2D eigenvalue weighted by Crippen LogP contribution is -1.92. The lowest BCUT2D eigenvalue weighted by Gasteiger charge is -2.05. The summed E-state index contributed by atoms with van der Waals surface area (Å²) in [6.45, 7) is 1.64. The van der Waals surface area contributed by atoms with Crippen molar-refractivity contribution in [1.82, 2.24) is 0 Å². The topological polar surface area (TPSA) is 33.4 Å². The maximum Gasteiger partial charge on any atom is 0.169 e. The lowest BCUT2D eigenvalue weighted by molar-refractivity contribution is 0.201. The van der Waals surface area contributed by atoms with Gasteiger partial charge in [0.2, 0.25) is 0 Å². The van der Waals surface area contributed by atoms with Crippen molar-refractivity contribution in [2.24, 2.45) is 0 Å². The summed E-state index contributed by atoms with van der Waals surface area (Å²) in [6.07, 6.45) is 0.806. The molecular formula is C10H9FO2. The zero-order chi connectivity index (χ0) is 9.42. The summed E-state index contributed by atoms with van der Waals surface area (Å²) in [7, 11) is 0. The smallest absolute Gasteiger partial charge is 0.169 e. The van der Waals surface area contributed by atoms with E-state index in [1.165, 1.54) is 12.3 Å². The van der Waals surface area contributed by atoms with E-state index in [1.54, 1.807) is 19.1 Å². The fraction of sp³-hybridized carbons (Fsp3) is 0.200. The number of halogens is 1. The average Bonchev–Trinajstić information content (AvgIpc) is 2.53. The number of hydrogen-bond donors (Lipinski definition) is 1. The Balaban J connectivity index is 2.78. The summed E-state index contributed by atoms with van der Waals surface area (Å²) in [5.41, 5.74) is 0.892. The molecule has 1 atom stereocenters. The zero-order valence-electron chi connectivity index (χ0n) is 7.12. The zero-order valence-corrected chi connectivity index (χ0v) is 7.12. The Labute approximate surface area is 74.6 Å². The third kappa shape index (κ3) is 1.21. The largest absolute Gasteiger partial charge is 0.461 e. The molecule has 3 heteroatoms. The average molecular weight is 180 g/mol. The summed E-state index contributed by atoms with van der Waals surface area (Å²) in [6, 6.07) is 4.52.